The molecular weight excluding hydrogens is 381 g/mol. The summed E-state index contributed by atoms with van der Waals surface area (Å²) in [5.41, 5.74) is 6.99. The summed E-state index contributed by atoms with van der Waals surface area (Å²) in [6.07, 6.45) is 5.89. The summed E-state index contributed by atoms with van der Waals surface area (Å²) >= 11 is 0. The van der Waals surface area contributed by atoms with Crippen molar-refractivity contribution in [3.05, 3.63) is 59.6 Å². The van der Waals surface area contributed by atoms with E-state index < -0.39 is 5.82 Å². The van der Waals surface area contributed by atoms with E-state index in [1.54, 1.807) is 37.5 Å². The van der Waals surface area contributed by atoms with Crippen molar-refractivity contribution in [3.63, 3.8) is 0 Å². The number of nitrogens with zero attached hydrogens (tertiary/aromatic N) is 2. The number of allylic oxidation sites excluding steroid dienone is 2. The average molecular weight is 412 g/mol. The molecule has 160 valence electrons. The van der Waals surface area contributed by atoms with Gasteiger partial charge < -0.3 is 10.8 Å². The van der Waals surface area contributed by atoms with E-state index in [4.69, 9.17) is 5.73 Å². The number of Topliss-reactive ketones (excluding diaryl/α,β-unsaturated/α-hetero) is 1. The van der Waals surface area contributed by atoms with Gasteiger partial charge in [-0.1, -0.05) is 19.9 Å². The quantitative estimate of drug-likeness (QED) is 0.334. The average Bonchev–Trinajstić information content (AvgIpc) is 2.74. The zero-order valence-corrected chi connectivity index (χ0v) is 17.8. The number of halogens is 1. The second kappa shape index (κ2) is 11.4. The van der Waals surface area contributed by atoms with Crippen molar-refractivity contribution in [1.29, 1.82) is 0 Å². The number of nitrogens with two attached hydrogens (primary N) is 1. The molecule has 2 rings (SSSR count). The number of phenols is 1. The van der Waals surface area contributed by atoms with Crippen molar-refractivity contribution in [3.8, 4) is 17.0 Å². The molecular formula is C24H30FN3O2. The highest BCUT2D eigenvalue weighted by atomic mass is 19.1. The Morgan fingerprint density at radius 3 is 2.77 bits per heavy atom. The van der Waals surface area contributed by atoms with Gasteiger partial charge in [-0.3, -0.25) is 9.79 Å². The lowest BCUT2D eigenvalue weighted by Crippen LogP contribution is -2.18. The zero-order valence-electron chi connectivity index (χ0n) is 17.8. The Bertz CT molecular complexity index is 924. The lowest BCUT2D eigenvalue weighted by Gasteiger charge is -2.21. The van der Waals surface area contributed by atoms with Gasteiger partial charge in [0.1, 0.15) is 17.3 Å². The predicted octanol–water partition coefficient (Wildman–Crippen LogP) is 4.80. The Morgan fingerprint density at radius 2 is 2.10 bits per heavy atom. The molecule has 0 amide bonds. The number of benzene rings is 1. The number of aromatic hydroxyl groups is 1. The fraction of sp³-hybridized carbons (Fsp3) is 0.375. The molecule has 1 aromatic carbocycles. The van der Waals surface area contributed by atoms with Crippen LogP contribution < -0.4 is 5.73 Å². The van der Waals surface area contributed by atoms with Crippen LogP contribution in [0, 0.1) is 17.7 Å². The molecule has 0 fully saturated rings. The largest absolute Gasteiger partial charge is 0.508 e. The number of aromatic nitrogens is 1. The third kappa shape index (κ3) is 6.07. The van der Waals surface area contributed by atoms with E-state index in [0.29, 0.717) is 23.7 Å². The molecule has 6 heteroatoms. The van der Waals surface area contributed by atoms with Gasteiger partial charge in [0.25, 0.3) is 0 Å². The van der Waals surface area contributed by atoms with Crippen molar-refractivity contribution in [2.24, 2.45) is 22.6 Å². The molecule has 2 atom stereocenters. The normalized spacial score (nSPS) is 14.1. The molecule has 30 heavy (non-hydrogen) atoms. The summed E-state index contributed by atoms with van der Waals surface area (Å²) < 4.78 is 14.2. The van der Waals surface area contributed by atoms with Crippen LogP contribution in [-0.2, 0) is 0 Å². The van der Waals surface area contributed by atoms with E-state index in [0.717, 1.165) is 19.3 Å². The van der Waals surface area contributed by atoms with Crippen LogP contribution in [0.4, 0.5) is 4.39 Å². The molecule has 0 aliphatic rings. The number of carbonyl (C=O) groups excluding carboxylic acids is 1. The van der Waals surface area contributed by atoms with Gasteiger partial charge in [0.15, 0.2) is 0 Å². The topological polar surface area (TPSA) is 88.6 Å². The first kappa shape index (κ1) is 23.4. The van der Waals surface area contributed by atoms with E-state index in [1.807, 2.05) is 0 Å². The second-order valence-corrected chi connectivity index (χ2v) is 7.45. The smallest absolute Gasteiger partial charge is 0.207 e. The van der Waals surface area contributed by atoms with Crippen molar-refractivity contribution < 1.29 is 14.3 Å². The minimum Gasteiger partial charge on any atom is -0.508 e. The third-order valence-corrected chi connectivity index (χ3v) is 5.15. The van der Waals surface area contributed by atoms with Crippen LogP contribution in [0.2, 0.25) is 0 Å². The van der Waals surface area contributed by atoms with Gasteiger partial charge in [-0.15, -0.1) is 0 Å². The summed E-state index contributed by atoms with van der Waals surface area (Å²) in [6.45, 7) is 4.80. The molecule has 0 saturated heterocycles. The third-order valence-electron chi connectivity index (χ3n) is 5.15. The minimum atomic E-state index is -0.513. The standard InChI is InChI=1S/C24H30FN3O2/c1-4-17(14-16(2)10-12-26)19(11-13-27-3)24(30)23-7-5-6-22(28-23)20-15-18(29)8-9-21(20)25/h5-9,11,13,15-17,29H,4,10,12,14,26H2,1-3H3/b19-11-,27-13?. The maximum Gasteiger partial charge on any atom is 0.207 e. The number of rotatable bonds is 10. The van der Waals surface area contributed by atoms with Gasteiger partial charge in [-0.2, -0.15) is 0 Å². The van der Waals surface area contributed by atoms with Crippen LogP contribution in [-0.4, -0.2) is 35.7 Å². The second-order valence-electron chi connectivity index (χ2n) is 7.45. The summed E-state index contributed by atoms with van der Waals surface area (Å²) in [6, 6.07) is 8.66. The number of pyridine rings is 1. The number of aliphatic imine (C=N–C) groups is 1. The van der Waals surface area contributed by atoms with Crippen LogP contribution in [0.1, 0.15) is 43.6 Å². The first-order chi connectivity index (χ1) is 14.4. The Hall–Kier alpha value is -2.86. The van der Waals surface area contributed by atoms with Gasteiger partial charge in [-0.05, 0) is 74.1 Å². The van der Waals surface area contributed by atoms with Gasteiger partial charge in [-0.25, -0.2) is 9.37 Å². The molecule has 2 unspecified atom stereocenters. The van der Waals surface area contributed by atoms with Crippen molar-refractivity contribution >= 4 is 12.0 Å². The summed E-state index contributed by atoms with van der Waals surface area (Å²) in [5, 5.41) is 9.70. The molecule has 0 radical (unpaired) electrons. The van der Waals surface area contributed by atoms with Gasteiger partial charge >= 0.3 is 0 Å². The number of carbonyl (C=O) groups is 1. The minimum absolute atomic E-state index is 0.0417. The number of phenolic OH excluding ortho intramolecular Hbond substituents is 1. The van der Waals surface area contributed by atoms with Crippen molar-refractivity contribution in [2.45, 2.75) is 33.1 Å². The van der Waals surface area contributed by atoms with Crippen molar-refractivity contribution in [1.82, 2.24) is 4.98 Å². The van der Waals surface area contributed by atoms with Crippen molar-refractivity contribution in [2.75, 3.05) is 13.6 Å². The Morgan fingerprint density at radius 1 is 1.33 bits per heavy atom. The highest BCUT2D eigenvalue weighted by Gasteiger charge is 2.24. The van der Waals surface area contributed by atoms with Crippen LogP contribution in [0.25, 0.3) is 11.3 Å². The zero-order chi connectivity index (χ0) is 22.1. The molecule has 1 heterocycles. The lowest BCUT2D eigenvalue weighted by atomic mass is 9.83. The molecule has 1 aromatic heterocycles. The number of hydrogen-bond donors (Lipinski definition) is 2. The Balaban J connectivity index is 2.42. The lowest BCUT2D eigenvalue weighted by molar-refractivity contribution is 0.101. The SMILES string of the molecule is CCC(CC(C)CCN)/C(=C/C=NC)C(=O)c1cccc(-c2cc(O)ccc2F)n1. The molecule has 0 spiro atoms. The fourth-order valence-electron chi connectivity index (χ4n) is 3.52. The van der Waals surface area contributed by atoms with Crippen LogP contribution in [0.15, 0.2) is 53.0 Å². The molecule has 0 aliphatic carbocycles. The Kier molecular flexibility index (Phi) is 8.87. The van der Waals surface area contributed by atoms with E-state index in [2.05, 4.69) is 23.8 Å². The summed E-state index contributed by atoms with van der Waals surface area (Å²) in [7, 11) is 1.65. The molecule has 2 aromatic rings. The predicted molar refractivity (Wildman–Crippen MR) is 119 cm³/mol. The Labute approximate surface area is 177 Å². The van der Waals surface area contributed by atoms with E-state index >= 15 is 0 Å². The number of hydrogen-bond acceptors (Lipinski definition) is 5. The first-order valence-electron chi connectivity index (χ1n) is 10.2. The van der Waals surface area contributed by atoms with E-state index in [9.17, 15) is 14.3 Å². The molecule has 0 bridgehead atoms. The molecule has 5 nitrogen and oxygen atoms in total. The van der Waals surface area contributed by atoms with Crippen LogP contribution >= 0.6 is 0 Å². The molecule has 0 aliphatic heterocycles. The fourth-order valence-corrected chi connectivity index (χ4v) is 3.52. The highest BCUT2D eigenvalue weighted by Crippen LogP contribution is 2.29. The van der Waals surface area contributed by atoms with Crippen LogP contribution in [0.3, 0.4) is 0 Å². The molecule has 3 N–H and O–H groups in total. The van der Waals surface area contributed by atoms with E-state index in [1.165, 1.54) is 18.2 Å². The summed E-state index contributed by atoms with van der Waals surface area (Å²) in [5.74, 6) is -0.357. The monoisotopic (exact) mass is 411 g/mol. The van der Waals surface area contributed by atoms with Gasteiger partial charge in [0, 0.05) is 24.4 Å². The first-order valence-corrected chi connectivity index (χ1v) is 10.2. The maximum atomic E-state index is 14.2. The summed E-state index contributed by atoms with van der Waals surface area (Å²) in [4.78, 5) is 21.8. The van der Waals surface area contributed by atoms with E-state index in [-0.39, 0.29) is 28.7 Å². The van der Waals surface area contributed by atoms with Gasteiger partial charge in [0.05, 0.1) is 5.69 Å². The molecule has 0 saturated carbocycles. The number of ketones is 1. The van der Waals surface area contributed by atoms with Gasteiger partial charge in [0.2, 0.25) is 5.78 Å². The van der Waals surface area contributed by atoms with Crippen LogP contribution in [0.5, 0.6) is 5.75 Å². The highest BCUT2D eigenvalue weighted by molar-refractivity contribution is 6.09. The maximum absolute atomic E-state index is 14.2.